The van der Waals surface area contributed by atoms with Gasteiger partial charge in [-0.1, -0.05) is 60.7 Å². The standard InChI is InChI=1S/C23H27NO4/c25-21(12-7-17-28-18-19-8-3-1-4-9-19)24-15-13-23(14-16-24,22(26)27)20-10-5-2-6-11-20/h1-6,8-11H,7,12-18H2,(H,26,27). The van der Waals surface area contributed by atoms with Gasteiger partial charge < -0.3 is 14.7 Å². The number of likely N-dealkylation sites (tertiary alicyclic amines) is 1. The molecular weight excluding hydrogens is 354 g/mol. The average Bonchev–Trinajstić information content (AvgIpc) is 2.74. The molecule has 5 heteroatoms. The van der Waals surface area contributed by atoms with Gasteiger partial charge in [0, 0.05) is 26.1 Å². The number of carboxylic acid groups (broad SMARTS) is 1. The first-order valence-corrected chi connectivity index (χ1v) is 9.80. The molecule has 1 N–H and O–H groups in total. The molecule has 1 amide bonds. The Hall–Kier alpha value is -2.66. The van der Waals surface area contributed by atoms with Crippen molar-refractivity contribution < 1.29 is 19.4 Å². The molecule has 0 atom stereocenters. The predicted molar refractivity (Wildman–Crippen MR) is 107 cm³/mol. The van der Waals surface area contributed by atoms with Gasteiger partial charge in [0.05, 0.1) is 12.0 Å². The number of piperidine rings is 1. The third-order valence-electron chi connectivity index (χ3n) is 5.50. The highest BCUT2D eigenvalue weighted by Crippen LogP contribution is 2.36. The number of carboxylic acids is 1. The summed E-state index contributed by atoms with van der Waals surface area (Å²) in [7, 11) is 0. The van der Waals surface area contributed by atoms with E-state index in [1.54, 1.807) is 4.90 Å². The van der Waals surface area contributed by atoms with E-state index in [9.17, 15) is 14.7 Å². The molecule has 1 aliphatic rings. The van der Waals surface area contributed by atoms with Crippen LogP contribution in [-0.4, -0.2) is 41.6 Å². The van der Waals surface area contributed by atoms with Crippen molar-refractivity contribution in [1.29, 1.82) is 0 Å². The van der Waals surface area contributed by atoms with Crippen molar-refractivity contribution in [2.24, 2.45) is 0 Å². The molecule has 5 nitrogen and oxygen atoms in total. The molecule has 2 aromatic rings. The molecule has 0 spiro atoms. The van der Waals surface area contributed by atoms with E-state index in [1.807, 2.05) is 60.7 Å². The fraction of sp³-hybridized carbons (Fsp3) is 0.391. The van der Waals surface area contributed by atoms with Gasteiger partial charge in [0.1, 0.15) is 0 Å². The molecule has 0 radical (unpaired) electrons. The molecule has 1 aliphatic heterocycles. The zero-order chi connectivity index (χ0) is 19.8. The summed E-state index contributed by atoms with van der Waals surface area (Å²) >= 11 is 0. The highest BCUT2D eigenvalue weighted by molar-refractivity contribution is 5.82. The van der Waals surface area contributed by atoms with Crippen molar-refractivity contribution in [3.63, 3.8) is 0 Å². The van der Waals surface area contributed by atoms with E-state index in [1.165, 1.54) is 0 Å². The number of carbonyl (C=O) groups is 2. The number of ether oxygens (including phenoxy) is 1. The number of aliphatic carboxylic acids is 1. The van der Waals surface area contributed by atoms with Crippen LogP contribution < -0.4 is 0 Å². The number of hydrogen-bond acceptors (Lipinski definition) is 3. The Labute approximate surface area is 165 Å². The molecule has 0 aromatic heterocycles. The number of carbonyl (C=O) groups excluding carboxylic acids is 1. The van der Waals surface area contributed by atoms with E-state index in [0.717, 1.165) is 11.1 Å². The monoisotopic (exact) mass is 381 g/mol. The molecule has 1 fully saturated rings. The Kier molecular flexibility index (Phi) is 6.82. The molecule has 1 saturated heterocycles. The summed E-state index contributed by atoms with van der Waals surface area (Å²) in [6.07, 6.45) is 2.00. The highest BCUT2D eigenvalue weighted by atomic mass is 16.5. The molecule has 1 heterocycles. The first-order valence-electron chi connectivity index (χ1n) is 9.80. The second-order valence-electron chi connectivity index (χ2n) is 7.28. The van der Waals surface area contributed by atoms with E-state index in [2.05, 4.69) is 0 Å². The third-order valence-corrected chi connectivity index (χ3v) is 5.50. The van der Waals surface area contributed by atoms with E-state index >= 15 is 0 Å². The normalized spacial score (nSPS) is 15.9. The van der Waals surface area contributed by atoms with Gasteiger partial charge in [0.15, 0.2) is 0 Å². The van der Waals surface area contributed by atoms with Crippen LogP contribution in [0.25, 0.3) is 0 Å². The minimum absolute atomic E-state index is 0.0790. The SMILES string of the molecule is O=C(CCCOCc1ccccc1)N1CCC(C(=O)O)(c2ccccc2)CC1. The second-order valence-corrected chi connectivity index (χ2v) is 7.28. The van der Waals surface area contributed by atoms with Gasteiger partial charge in [0.2, 0.25) is 5.91 Å². The van der Waals surface area contributed by atoms with Crippen LogP contribution in [0.5, 0.6) is 0 Å². The van der Waals surface area contributed by atoms with Crippen LogP contribution in [0, 0.1) is 0 Å². The van der Waals surface area contributed by atoms with Gasteiger partial charge in [-0.2, -0.15) is 0 Å². The largest absolute Gasteiger partial charge is 0.481 e. The van der Waals surface area contributed by atoms with Crippen molar-refractivity contribution >= 4 is 11.9 Å². The minimum Gasteiger partial charge on any atom is -0.481 e. The van der Waals surface area contributed by atoms with E-state index < -0.39 is 11.4 Å². The molecule has 0 bridgehead atoms. The maximum atomic E-state index is 12.5. The van der Waals surface area contributed by atoms with Crippen LogP contribution in [0.4, 0.5) is 0 Å². The van der Waals surface area contributed by atoms with Gasteiger partial charge in [-0.15, -0.1) is 0 Å². The Morgan fingerprint density at radius 1 is 0.964 bits per heavy atom. The van der Waals surface area contributed by atoms with Gasteiger partial charge in [-0.25, -0.2) is 0 Å². The smallest absolute Gasteiger partial charge is 0.314 e. The summed E-state index contributed by atoms with van der Waals surface area (Å²) in [6.45, 7) is 2.05. The van der Waals surface area contributed by atoms with Crippen LogP contribution in [0.2, 0.25) is 0 Å². The van der Waals surface area contributed by atoms with Crippen molar-refractivity contribution in [2.75, 3.05) is 19.7 Å². The molecule has 2 aromatic carbocycles. The number of nitrogens with zero attached hydrogens (tertiary/aromatic N) is 1. The Morgan fingerprint density at radius 3 is 2.18 bits per heavy atom. The number of rotatable bonds is 8. The van der Waals surface area contributed by atoms with Crippen molar-refractivity contribution in [2.45, 2.75) is 37.7 Å². The Balaban J connectivity index is 1.44. The van der Waals surface area contributed by atoms with E-state index in [0.29, 0.717) is 52.0 Å². The zero-order valence-corrected chi connectivity index (χ0v) is 16.0. The van der Waals surface area contributed by atoms with Crippen molar-refractivity contribution in [3.05, 3.63) is 71.8 Å². The van der Waals surface area contributed by atoms with Crippen molar-refractivity contribution in [1.82, 2.24) is 4.90 Å². The number of hydrogen-bond donors (Lipinski definition) is 1. The summed E-state index contributed by atoms with van der Waals surface area (Å²) in [5.74, 6) is -0.726. The minimum atomic E-state index is -0.892. The summed E-state index contributed by atoms with van der Waals surface area (Å²) in [4.78, 5) is 26.3. The molecule has 0 saturated carbocycles. The molecule has 148 valence electrons. The van der Waals surface area contributed by atoms with Crippen LogP contribution in [-0.2, 0) is 26.3 Å². The van der Waals surface area contributed by atoms with Gasteiger partial charge in [-0.05, 0) is 30.4 Å². The van der Waals surface area contributed by atoms with E-state index in [-0.39, 0.29) is 5.91 Å². The lowest BCUT2D eigenvalue weighted by Gasteiger charge is -2.39. The maximum absolute atomic E-state index is 12.5. The van der Waals surface area contributed by atoms with Crippen LogP contribution in [0.3, 0.4) is 0 Å². The first kappa shape index (κ1) is 20.1. The van der Waals surface area contributed by atoms with E-state index in [4.69, 9.17) is 4.74 Å². The maximum Gasteiger partial charge on any atom is 0.314 e. The fourth-order valence-electron chi connectivity index (χ4n) is 3.77. The lowest BCUT2D eigenvalue weighted by atomic mass is 9.73. The summed E-state index contributed by atoms with van der Waals surface area (Å²) in [5, 5.41) is 9.84. The summed E-state index contributed by atoms with van der Waals surface area (Å²) in [5.41, 5.74) is 1.05. The number of benzene rings is 2. The summed E-state index contributed by atoms with van der Waals surface area (Å²) in [6, 6.07) is 19.3. The molecular formula is C23H27NO4. The third kappa shape index (κ3) is 4.78. The highest BCUT2D eigenvalue weighted by Gasteiger charge is 2.43. The second kappa shape index (κ2) is 9.51. The topological polar surface area (TPSA) is 66.8 Å². The van der Waals surface area contributed by atoms with Gasteiger partial charge >= 0.3 is 5.97 Å². The lowest BCUT2D eigenvalue weighted by Crippen LogP contribution is -2.49. The predicted octanol–water partition coefficient (Wildman–Crippen LogP) is 3.63. The molecule has 3 rings (SSSR count). The van der Waals surface area contributed by atoms with Gasteiger partial charge in [0.25, 0.3) is 0 Å². The molecule has 0 aliphatic carbocycles. The van der Waals surface area contributed by atoms with Crippen molar-refractivity contribution in [3.8, 4) is 0 Å². The van der Waals surface area contributed by atoms with Crippen LogP contribution >= 0.6 is 0 Å². The molecule has 28 heavy (non-hydrogen) atoms. The fourth-order valence-corrected chi connectivity index (χ4v) is 3.77. The quantitative estimate of drug-likeness (QED) is 0.709. The lowest BCUT2D eigenvalue weighted by molar-refractivity contribution is -0.148. The van der Waals surface area contributed by atoms with Crippen LogP contribution in [0.1, 0.15) is 36.8 Å². The Morgan fingerprint density at radius 2 is 1.57 bits per heavy atom. The summed E-state index contributed by atoms with van der Waals surface area (Å²) < 4.78 is 5.63. The molecule has 0 unspecified atom stereocenters. The number of amides is 1. The Bertz CT molecular complexity index is 768. The van der Waals surface area contributed by atoms with Gasteiger partial charge in [-0.3, -0.25) is 9.59 Å². The zero-order valence-electron chi connectivity index (χ0n) is 16.0. The average molecular weight is 381 g/mol. The first-order chi connectivity index (χ1) is 13.6. The van der Waals surface area contributed by atoms with Crippen LogP contribution in [0.15, 0.2) is 60.7 Å².